The summed E-state index contributed by atoms with van der Waals surface area (Å²) in [7, 11) is 0. The second-order valence-electron chi connectivity index (χ2n) is 4.90. The van der Waals surface area contributed by atoms with Crippen molar-refractivity contribution in [3.63, 3.8) is 0 Å². The molecular weight excluding hydrogens is 300 g/mol. The van der Waals surface area contributed by atoms with E-state index in [4.69, 9.17) is 5.84 Å². The number of nitrogens with one attached hydrogen (secondary N) is 1. The fraction of sp³-hybridized carbons (Fsp3) is 0.250. The van der Waals surface area contributed by atoms with Crippen molar-refractivity contribution in [1.29, 1.82) is 0 Å². The second kappa shape index (κ2) is 5.87. The minimum absolute atomic E-state index is 0.0109. The molecule has 2 aromatic rings. The van der Waals surface area contributed by atoms with Crippen LogP contribution >= 0.6 is 15.9 Å². The third-order valence-electron chi connectivity index (χ3n) is 3.65. The van der Waals surface area contributed by atoms with Crippen LogP contribution in [0.2, 0.25) is 0 Å². The Hall–Kier alpha value is -1.16. The summed E-state index contributed by atoms with van der Waals surface area (Å²) < 4.78 is 1.11. The zero-order valence-electron chi connectivity index (χ0n) is 11.5. The predicted octanol–water partition coefficient (Wildman–Crippen LogP) is 3.93. The summed E-state index contributed by atoms with van der Waals surface area (Å²) in [6.45, 7) is 6.34. The number of halogens is 1. The third kappa shape index (κ3) is 2.89. The van der Waals surface area contributed by atoms with Gasteiger partial charge in [-0.2, -0.15) is 0 Å². The first-order valence-electron chi connectivity index (χ1n) is 6.33. The maximum atomic E-state index is 5.78. The Labute approximate surface area is 123 Å². The number of hydrazine groups is 1. The van der Waals surface area contributed by atoms with Gasteiger partial charge in [0.05, 0.1) is 6.04 Å². The van der Waals surface area contributed by atoms with E-state index in [1.807, 2.05) is 0 Å². The predicted molar refractivity (Wildman–Crippen MR) is 84.0 cm³/mol. The van der Waals surface area contributed by atoms with Gasteiger partial charge in [0.1, 0.15) is 0 Å². The maximum Gasteiger partial charge on any atom is 0.0713 e. The molecule has 0 fully saturated rings. The van der Waals surface area contributed by atoms with Gasteiger partial charge in [-0.05, 0) is 54.7 Å². The number of aryl methyl sites for hydroxylation is 2. The molecule has 0 saturated carbocycles. The molecule has 0 aromatic heterocycles. The molecule has 0 aliphatic carbocycles. The lowest BCUT2D eigenvalue weighted by Gasteiger charge is -2.20. The van der Waals surface area contributed by atoms with E-state index < -0.39 is 0 Å². The van der Waals surface area contributed by atoms with Crippen LogP contribution in [0.15, 0.2) is 40.9 Å². The molecule has 3 N–H and O–H groups in total. The van der Waals surface area contributed by atoms with Gasteiger partial charge in [0.25, 0.3) is 0 Å². The molecule has 0 spiro atoms. The molecule has 0 bridgehead atoms. The van der Waals surface area contributed by atoms with E-state index in [-0.39, 0.29) is 6.04 Å². The van der Waals surface area contributed by atoms with E-state index in [9.17, 15) is 0 Å². The molecule has 1 unspecified atom stereocenters. The highest BCUT2D eigenvalue weighted by Crippen LogP contribution is 2.28. The standard InChI is InChI=1S/C16H19BrN2/c1-10-5-4-6-14(12(10)3)16(19-18)13-8-7-11(2)15(17)9-13/h4-9,16,19H,18H2,1-3H3. The molecule has 2 aromatic carbocycles. The minimum atomic E-state index is 0.0109. The number of benzene rings is 2. The van der Waals surface area contributed by atoms with E-state index in [2.05, 4.69) is 78.5 Å². The first kappa shape index (κ1) is 14.3. The average Bonchev–Trinajstić information content (AvgIpc) is 2.39. The van der Waals surface area contributed by atoms with Crippen LogP contribution < -0.4 is 11.3 Å². The first-order chi connectivity index (χ1) is 9.04. The molecule has 0 amide bonds. The Kier molecular flexibility index (Phi) is 4.40. The molecule has 0 aliphatic rings. The Morgan fingerprint density at radius 3 is 2.42 bits per heavy atom. The third-order valence-corrected chi connectivity index (χ3v) is 4.51. The number of hydrogen-bond acceptors (Lipinski definition) is 2. The highest BCUT2D eigenvalue weighted by Gasteiger charge is 2.15. The SMILES string of the molecule is Cc1ccc(C(NN)c2cccc(C)c2C)cc1Br. The van der Waals surface area contributed by atoms with Crippen LogP contribution in [0.5, 0.6) is 0 Å². The first-order valence-corrected chi connectivity index (χ1v) is 7.12. The van der Waals surface area contributed by atoms with Gasteiger partial charge in [0.15, 0.2) is 0 Å². The highest BCUT2D eigenvalue weighted by atomic mass is 79.9. The van der Waals surface area contributed by atoms with Crippen LogP contribution in [0.4, 0.5) is 0 Å². The summed E-state index contributed by atoms with van der Waals surface area (Å²) in [5, 5.41) is 0. The minimum Gasteiger partial charge on any atom is -0.271 e. The summed E-state index contributed by atoms with van der Waals surface area (Å²) in [5.41, 5.74) is 9.09. The molecule has 19 heavy (non-hydrogen) atoms. The summed E-state index contributed by atoms with van der Waals surface area (Å²) in [4.78, 5) is 0. The van der Waals surface area contributed by atoms with Crippen molar-refractivity contribution in [3.05, 3.63) is 68.7 Å². The largest absolute Gasteiger partial charge is 0.271 e. The van der Waals surface area contributed by atoms with Crippen LogP contribution in [-0.4, -0.2) is 0 Å². The van der Waals surface area contributed by atoms with Crippen LogP contribution in [0, 0.1) is 20.8 Å². The molecule has 2 rings (SSSR count). The van der Waals surface area contributed by atoms with E-state index >= 15 is 0 Å². The number of hydrogen-bond donors (Lipinski definition) is 2. The van der Waals surface area contributed by atoms with Crippen molar-refractivity contribution in [1.82, 2.24) is 5.43 Å². The van der Waals surface area contributed by atoms with Crippen molar-refractivity contribution in [3.8, 4) is 0 Å². The fourth-order valence-corrected chi connectivity index (χ4v) is 2.64. The molecule has 1 atom stereocenters. The van der Waals surface area contributed by atoms with Gasteiger partial charge in [-0.1, -0.05) is 46.3 Å². The van der Waals surface area contributed by atoms with Crippen molar-refractivity contribution in [2.24, 2.45) is 5.84 Å². The normalized spacial score (nSPS) is 12.5. The van der Waals surface area contributed by atoms with Gasteiger partial charge in [0, 0.05) is 4.47 Å². The topological polar surface area (TPSA) is 38.0 Å². The Morgan fingerprint density at radius 2 is 1.79 bits per heavy atom. The Bertz CT molecular complexity index is 593. The van der Waals surface area contributed by atoms with Crippen molar-refractivity contribution in [2.75, 3.05) is 0 Å². The molecule has 0 aliphatic heterocycles. The summed E-state index contributed by atoms with van der Waals surface area (Å²) in [6, 6.07) is 12.7. The molecule has 0 radical (unpaired) electrons. The van der Waals surface area contributed by atoms with Crippen molar-refractivity contribution in [2.45, 2.75) is 26.8 Å². The highest BCUT2D eigenvalue weighted by molar-refractivity contribution is 9.10. The molecule has 0 heterocycles. The van der Waals surface area contributed by atoms with E-state index in [0.29, 0.717) is 0 Å². The molecule has 2 nitrogen and oxygen atoms in total. The van der Waals surface area contributed by atoms with Gasteiger partial charge >= 0.3 is 0 Å². The molecule has 3 heteroatoms. The Morgan fingerprint density at radius 1 is 1.05 bits per heavy atom. The van der Waals surface area contributed by atoms with Crippen LogP contribution in [0.25, 0.3) is 0 Å². The van der Waals surface area contributed by atoms with Crippen molar-refractivity contribution >= 4 is 15.9 Å². The van der Waals surface area contributed by atoms with E-state index in [1.54, 1.807) is 0 Å². The van der Waals surface area contributed by atoms with E-state index in [0.717, 1.165) is 10.0 Å². The van der Waals surface area contributed by atoms with Gasteiger partial charge < -0.3 is 0 Å². The van der Waals surface area contributed by atoms with Gasteiger partial charge in [-0.3, -0.25) is 5.84 Å². The lowest BCUT2D eigenvalue weighted by atomic mass is 9.93. The maximum absolute atomic E-state index is 5.78. The van der Waals surface area contributed by atoms with Gasteiger partial charge in [0.2, 0.25) is 0 Å². The molecular formula is C16H19BrN2. The average molecular weight is 319 g/mol. The smallest absolute Gasteiger partial charge is 0.0713 e. The summed E-state index contributed by atoms with van der Waals surface area (Å²) in [5.74, 6) is 5.78. The van der Waals surface area contributed by atoms with Gasteiger partial charge in [-0.25, -0.2) is 5.43 Å². The molecule has 100 valence electrons. The van der Waals surface area contributed by atoms with E-state index in [1.165, 1.54) is 22.3 Å². The summed E-state index contributed by atoms with van der Waals surface area (Å²) in [6.07, 6.45) is 0. The number of nitrogens with two attached hydrogens (primary N) is 1. The van der Waals surface area contributed by atoms with Crippen molar-refractivity contribution < 1.29 is 0 Å². The quantitative estimate of drug-likeness (QED) is 0.664. The van der Waals surface area contributed by atoms with Crippen LogP contribution in [0.3, 0.4) is 0 Å². The zero-order chi connectivity index (χ0) is 14.0. The molecule has 0 saturated heterocycles. The summed E-state index contributed by atoms with van der Waals surface area (Å²) >= 11 is 3.58. The lowest BCUT2D eigenvalue weighted by Crippen LogP contribution is -2.29. The van der Waals surface area contributed by atoms with Gasteiger partial charge in [-0.15, -0.1) is 0 Å². The second-order valence-corrected chi connectivity index (χ2v) is 5.75. The Balaban J connectivity index is 2.50. The number of rotatable bonds is 3. The van der Waals surface area contributed by atoms with Crippen LogP contribution in [-0.2, 0) is 0 Å². The zero-order valence-corrected chi connectivity index (χ0v) is 13.1. The van der Waals surface area contributed by atoms with Crippen LogP contribution in [0.1, 0.15) is 33.9 Å². The monoisotopic (exact) mass is 318 g/mol. The lowest BCUT2D eigenvalue weighted by molar-refractivity contribution is 0.632. The fourth-order valence-electron chi connectivity index (χ4n) is 2.24.